The molecule has 3 nitrogen and oxygen atoms in total. The fourth-order valence-corrected chi connectivity index (χ4v) is 2.98. The van der Waals surface area contributed by atoms with Crippen LogP contribution in [0.3, 0.4) is 0 Å². The van der Waals surface area contributed by atoms with Gasteiger partial charge in [-0.3, -0.25) is 9.59 Å². The highest BCUT2D eigenvalue weighted by Crippen LogP contribution is 2.13. The monoisotopic (exact) mass is 340 g/mol. The largest absolute Gasteiger partial charge is 0.469 e. The van der Waals surface area contributed by atoms with Crippen LogP contribution in [0.2, 0.25) is 0 Å². The molecule has 0 aromatic rings. The number of hydrogen-bond donors (Lipinski definition) is 0. The van der Waals surface area contributed by atoms with Crippen molar-refractivity contribution in [2.45, 2.75) is 116 Å². The van der Waals surface area contributed by atoms with Gasteiger partial charge in [0.25, 0.3) is 0 Å². The second-order valence-electron chi connectivity index (χ2n) is 6.96. The zero-order valence-corrected chi connectivity index (χ0v) is 16.2. The van der Waals surface area contributed by atoms with Gasteiger partial charge < -0.3 is 4.74 Å². The number of Topliss-reactive ketones (excluding diaryl/α,β-unsaturated/α-hetero) is 1. The number of methoxy groups -OCH3 is 1. The topological polar surface area (TPSA) is 43.4 Å². The Morgan fingerprint density at radius 3 is 1.42 bits per heavy atom. The first-order chi connectivity index (χ1) is 11.7. The van der Waals surface area contributed by atoms with Gasteiger partial charge in [-0.1, -0.05) is 77.6 Å². The van der Waals surface area contributed by atoms with E-state index in [1.54, 1.807) is 0 Å². The number of hydrogen-bond acceptors (Lipinski definition) is 3. The average molecular weight is 341 g/mol. The molecule has 0 bridgehead atoms. The third-order valence-corrected chi connectivity index (χ3v) is 4.62. The molecule has 0 saturated heterocycles. The molecule has 0 aromatic carbocycles. The molecule has 0 heterocycles. The molecule has 0 aromatic heterocycles. The number of unbranched alkanes of at least 4 members (excludes halogenated alkanes) is 12. The fraction of sp³-hybridized carbons (Fsp3) is 0.905. The molecule has 142 valence electrons. The quantitative estimate of drug-likeness (QED) is 0.215. The maximum absolute atomic E-state index is 11.8. The van der Waals surface area contributed by atoms with Crippen LogP contribution in [-0.4, -0.2) is 18.9 Å². The lowest BCUT2D eigenvalue weighted by molar-refractivity contribution is -0.140. The minimum absolute atomic E-state index is 0.151. The van der Waals surface area contributed by atoms with Crippen LogP contribution in [0.4, 0.5) is 0 Å². The molecule has 0 aliphatic heterocycles. The first kappa shape index (κ1) is 23.1. The van der Waals surface area contributed by atoms with E-state index in [2.05, 4.69) is 11.7 Å². The lowest BCUT2D eigenvalue weighted by Crippen LogP contribution is -2.00. The number of esters is 1. The Morgan fingerprint density at radius 2 is 0.958 bits per heavy atom. The first-order valence-corrected chi connectivity index (χ1v) is 10.3. The molecule has 24 heavy (non-hydrogen) atoms. The highest BCUT2D eigenvalue weighted by molar-refractivity contribution is 5.78. The minimum atomic E-state index is -0.151. The number of ketones is 1. The minimum Gasteiger partial charge on any atom is -0.469 e. The van der Waals surface area contributed by atoms with Gasteiger partial charge >= 0.3 is 5.97 Å². The third-order valence-electron chi connectivity index (χ3n) is 4.62. The van der Waals surface area contributed by atoms with Crippen LogP contribution in [0.1, 0.15) is 116 Å². The lowest BCUT2D eigenvalue weighted by Gasteiger charge is -2.03. The van der Waals surface area contributed by atoms with E-state index in [1.807, 2.05) is 0 Å². The van der Waals surface area contributed by atoms with Crippen molar-refractivity contribution in [3.05, 3.63) is 0 Å². The second-order valence-corrected chi connectivity index (χ2v) is 6.96. The summed E-state index contributed by atoms with van der Waals surface area (Å²) in [4.78, 5) is 22.7. The number of ether oxygens (including phenoxy) is 1. The molecule has 0 aliphatic carbocycles. The van der Waals surface area contributed by atoms with Crippen molar-refractivity contribution >= 4 is 11.8 Å². The molecule has 0 atom stereocenters. The van der Waals surface area contributed by atoms with Gasteiger partial charge in [0, 0.05) is 19.3 Å². The molecular formula is C21H40O3. The van der Waals surface area contributed by atoms with E-state index in [4.69, 9.17) is 0 Å². The van der Waals surface area contributed by atoms with Crippen molar-refractivity contribution in [3.8, 4) is 0 Å². The number of carbonyl (C=O) groups is 2. The standard InChI is InChI=1S/C21H40O3/c1-3-4-5-6-7-8-9-10-11-12-14-17-20(22)18-15-13-16-19-21(23)24-2/h3-19H2,1-2H3. The molecule has 0 fully saturated rings. The van der Waals surface area contributed by atoms with Crippen molar-refractivity contribution in [2.24, 2.45) is 0 Å². The molecule has 0 spiro atoms. The summed E-state index contributed by atoms with van der Waals surface area (Å²) >= 11 is 0. The van der Waals surface area contributed by atoms with Gasteiger partial charge in [0.05, 0.1) is 7.11 Å². The maximum Gasteiger partial charge on any atom is 0.305 e. The molecule has 0 saturated carbocycles. The summed E-state index contributed by atoms with van der Waals surface area (Å²) in [5, 5.41) is 0. The van der Waals surface area contributed by atoms with E-state index >= 15 is 0 Å². The SMILES string of the molecule is CCCCCCCCCCCCCC(=O)CCCCCC(=O)OC. The van der Waals surface area contributed by atoms with E-state index in [9.17, 15) is 9.59 Å². The van der Waals surface area contributed by atoms with E-state index in [-0.39, 0.29) is 5.97 Å². The Bertz CT molecular complexity index is 299. The number of rotatable bonds is 18. The summed E-state index contributed by atoms with van der Waals surface area (Å²) in [6, 6.07) is 0. The van der Waals surface area contributed by atoms with Crippen LogP contribution in [0.15, 0.2) is 0 Å². The Hall–Kier alpha value is -0.860. The van der Waals surface area contributed by atoms with Gasteiger partial charge in [-0.05, 0) is 19.3 Å². The van der Waals surface area contributed by atoms with Gasteiger partial charge in [0.2, 0.25) is 0 Å². The molecule has 0 rings (SSSR count). The van der Waals surface area contributed by atoms with Gasteiger partial charge in [-0.25, -0.2) is 0 Å². The Balaban J connectivity index is 3.19. The Morgan fingerprint density at radius 1 is 0.583 bits per heavy atom. The van der Waals surface area contributed by atoms with E-state index < -0.39 is 0 Å². The van der Waals surface area contributed by atoms with Crippen LogP contribution >= 0.6 is 0 Å². The van der Waals surface area contributed by atoms with Crippen LogP contribution < -0.4 is 0 Å². The van der Waals surface area contributed by atoms with Crippen molar-refractivity contribution in [1.82, 2.24) is 0 Å². The highest BCUT2D eigenvalue weighted by Gasteiger charge is 2.03. The molecule has 0 unspecified atom stereocenters. The molecule has 0 radical (unpaired) electrons. The van der Waals surface area contributed by atoms with Crippen molar-refractivity contribution in [1.29, 1.82) is 0 Å². The van der Waals surface area contributed by atoms with Gasteiger partial charge in [-0.15, -0.1) is 0 Å². The summed E-state index contributed by atoms with van der Waals surface area (Å²) in [6.07, 6.45) is 19.1. The maximum atomic E-state index is 11.8. The van der Waals surface area contributed by atoms with Crippen molar-refractivity contribution in [3.63, 3.8) is 0 Å². The zero-order valence-electron chi connectivity index (χ0n) is 16.2. The Labute approximate surface area is 149 Å². The molecular weight excluding hydrogens is 300 g/mol. The van der Waals surface area contributed by atoms with Crippen molar-refractivity contribution < 1.29 is 14.3 Å². The van der Waals surface area contributed by atoms with Gasteiger partial charge in [0.1, 0.15) is 5.78 Å². The van der Waals surface area contributed by atoms with Crippen LogP contribution in [0.25, 0.3) is 0 Å². The second kappa shape index (κ2) is 18.5. The summed E-state index contributed by atoms with van der Waals surface area (Å²) < 4.78 is 4.59. The zero-order chi connectivity index (χ0) is 17.9. The normalized spacial score (nSPS) is 10.8. The Kier molecular flexibility index (Phi) is 17.8. The average Bonchev–Trinajstić information content (AvgIpc) is 2.59. The molecule has 0 aliphatic rings. The smallest absolute Gasteiger partial charge is 0.305 e. The van der Waals surface area contributed by atoms with Gasteiger partial charge in [-0.2, -0.15) is 0 Å². The van der Waals surface area contributed by atoms with Crippen LogP contribution in [-0.2, 0) is 14.3 Å². The summed E-state index contributed by atoms with van der Waals surface area (Å²) in [6.45, 7) is 2.26. The first-order valence-electron chi connectivity index (χ1n) is 10.3. The van der Waals surface area contributed by atoms with E-state index in [1.165, 1.54) is 71.3 Å². The summed E-state index contributed by atoms with van der Waals surface area (Å²) in [7, 11) is 1.42. The number of carbonyl (C=O) groups excluding carboxylic acids is 2. The predicted octanol–water partition coefficient (Wildman–Crippen LogP) is 6.38. The van der Waals surface area contributed by atoms with E-state index in [0.717, 1.165) is 32.1 Å². The van der Waals surface area contributed by atoms with E-state index in [0.29, 0.717) is 18.6 Å². The van der Waals surface area contributed by atoms with Crippen molar-refractivity contribution in [2.75, 3.05) is 7.11 Å². The van der Waals surface area contributed by atoms with Crippen LogP contribution in [0, 0.1) is 0 Å². The van der Waals surface area contributed by atoms with Gasteiger partial charge in [0.15, 0.2) is 0 Å². The highest BCUT2D eigenvalue weighted by atomic mass is 16.5. The third kappa shape index (κ3) is 17.5. The fourth-order valence-electron chi connectivity index (χ4n) is 2.98. The van der Waals surface area contributed by atoms with Crippen LogP contribution in [0.5, 0.6) is 0 Å². The molecule has 0 N–H and O–H groups in total. The molecule has 3 heteroatoms. The summed E-state index contributed by atoms with van der Waals surface area (Å²) in [5.74, 6) is 0.242. The molecule has 0 amide bonds. The summed E-state index contributed by atoms with van der Waals surface area (Å²) in [5.41, 5.74) is 0. The predicted molar refractivity (Wildman–Crippen MR) is 101 cm³/mol. The lowest BCUT2D eigenvalue weighted by atomic mass is 10.0.